The van der Waals surface area contributed by atoms with Crippen molar-refractivity contribution in [1.82, 2.24) is 59.7 Å². The van der Waals surface area contributed by atoms with Crippen molar-refractivity contribution in [1.29, 1.82) is 0 Å². The first-order valence-electron chi connectivity index (χ1n) is 22.8. The maximum atomic E-state index is 13.0. The van der Waals surface area contributed by atoms with Gasteiger partial charge in [-0.05, 0) is 93.6 Å². The van der Waals surface area contributed by atoms with Gasteiger partial charge in [0.15, 0.2) is 0 Å². The number of nitrogens with zero attached hydrogens (tertiary/aromatic N) is 11. The zero-order chi connectivity index (χ0) is 46.9. The highest BCUT2D eigenvalue weighted by Crippen LogP contribution is 2.17. The van der Waals surface area contributed by atoms with Crippen LogP contribution in [0.5, 0.6) is 0 Å². The Kier molecular flexibility index (Phi) is 17.1. The second-order valence-corrected chi connectivity index (χ2v) is 17.5. The van der Waals surface area contributed by atoms with E-state index in [1.54, 1.807) is 34.6 Å². The fraction of sp³-hybridized carbons (Fsp3) is 0.353. The predicted molar refractivity (Wildman–Crippen MR) is 254 cm³/mol. The Morgan fingerprint density at radius 1 is 0.478 bits per heavy atom. The van der Waals surface area contributed by atoms with Gasteiger partial charge in [-0.1, -0.05) is 24.3 Å². The van der Waals surface area contributed by atoms with Crippen molar-refractivity contribution in [3.8, 4) is 0 Å². The van der Waals surface area contributed by atoms with E-state index in [4.69, 9.17) is 4.74 Å². The summed E-state index contributed by atoms with van der Waals surface area (Å²) >= 11 is 0. The molecule has 67 heavy (non-hydrogen) atoms. The smallest absolute Gasteiger partial charge is 0.410 e. The molecule has 16 nitrogen and oxygen atoms in total. The van der Waals surface area contributed by atoms with Crippen LogP contribution in [0.15, 0.2) is 134 Å². The van der Waals surface area contributed by atoms with Crippen molar-refractivity contribution < 1.29 is 19.1 Å². The van der Waals surface area contributed by atoms with E-state index in [0.29, 0.717) is 76.6 Å². The van der Waals surface area contributed by atoms with Crippen molar-refractivity contribution >= 4 is 17.9 Å². The van der Waals surface area contributed by atoms with Crippen LogP contribution in [0.2, 0.25) is 0 Å². The number of hydrogen-bond donors (Lipinski definition) is 1. The average Bonchev–Trinajstić information content (AvgIpc) is 3.35. The summed E-state index contributed by atoms with van der Waals surface area (Å²) in [6.07, 6.45) is 10.2. The first-order valence-corrected chi connectivity index (χ1v) is 22.8. The lowest BCUT2D eigenvalue weighted by molar-refractivity contribution is 0.0140. The summed E-state index contributed by atoms with van der Waals surface area (Å²) in [5.74, 6) is -0.0314. The molecule has 2 fully saturated rings. The molecule has 0 saturated carbocycles. The third-order valence-corrected chi connectivity index (χ3v) is 11.0. The van der Waals surface area contributed by atoms with Crippen LogP contribution in [0.25, 0.3) is 0 Å². The standard InChI is InChI=1S/C28H34N6O3.C23H26N6O/c1-28(2,3)37-27(36)34-16-14-33(15-17-34)26(35)22-10-11-25(31-18-22)21-32(19-23-8-4-6-12-29-23)20-24-9-5-7-13-30-24;30-23(29-13-11-24-12-14-29)19-7-8-22(27-15-19)18-28(16-20-5-1-3-9-25-20)17-21-6-2-4-10-26-21/h4-13,18H,14-17,19-21H2,1-3H3;1-10,15,24H,11-14,16-18H2. The quantitative estimate of drug-likeness (QED) is 0.138. The minimum atomic E-state index is -0.539. The fourth-order valence-electron chi connectivity index (χ4n) is 7.62. The van der Waals surface area contributed by atoms with Crippen molar-refractivity contribution in [2.75, 3.05) is 52.4 Å². The fourth-order valence-corrected chi connectivity index (χ4v) is 7.62. The lowest BCUT2D eigenvalue weighted by Crippen LogP contribution is -2.51. The molecule has 3 amide bonds. The van der Waals surface area contributed by atoms with Crippen LogP contribution in [-0.2, 0) is 44.0 Å². The minimum Gasteiger partial charge on any atom is -0.444 e. The van der Waals surface area contributed by atoms with E-state index in [1.165, 1.54) is 0 Å². The maximum Gasteiger partial charge on any atom is 0.410 e. The molecule has 6 aromatic heterocycles. The molecule has 0 spiro atoms. The van der Waals surface area contributed by atoms with Gasteiger partial charge < -0.3 is 24.8 Å². The van der Waals surface area contributed by atoms with Gasteiger partial charge in [0.25, 0.3) is 11.8 Å². The van der Waals surface area contributed by atoms with Gasteiger partial charge in [0.05, 0.1) is 45.3 Å². The van der Waals surface area contributed by atoms with Gasteiger partial charge in [0, 0.05) is 129 Å². The summed E-state index contributed by atoms with van der Waals surface area (Å²) in [7, 11) is 0. The number of carbonyl (C=O) groups is 3. The van der Waals surface area contributed by atoms with Gasteiger partial charge in [0.1, 0.15) is 5.60 Å². The first-order chi connectivity index (χ1) is 32.5. The molecule has 0 atom stereocenters. The Hall–Kier alpha value is -7.01. The molecular weight excluding hydrogens is 845 g/mol. The van der Waals surface area contributed by atoms with Crippen LogP contribution in [0.4, 0.5) is 4.79 Å². The number of pyridine rings is 6. The SMILES string of the molecule is CC(C)(C)OC(=O)N1CCN(C(=O)c2ccc(CN(Cc3ccccn3)Cc3ccccn3)nc2)CC1.O=C(c1ccc(CN(Cc2ccccn2)Cc2ccccn2)nc1)N1CCNCC1. The van der Waals surface area contributed by atoms with E-state index in [0.717, 1.165) is 60.3 Å². The third kappa shape index (κ3) is 15.3. The zero-order valence-electron chi connectivity index (χ0n) is 38.7. The van der Waals surface area contributed by atoms with E-state index in [-0.39, 0.29) is 17.9 Å². The van der Waals surface area contributed by atoms with Crippen LogP contribution in [0, 0.1) is 0 Å². The Morgan fingerprint density at radius 3 is 1.13 bits per heavy atom. The molecule has 0 unspecified atom stereocenters. The second kappa shape index (κ2) is 24.0. The van der Waals surface area contributed by atoms with Crippen LogP contribution in [-0.4, -0.2) is 130 Å². The van der Waals surface area contributed by atoms with E-state index in [9.17, 15) is 14.4 Å². The monoisotopic (exact) mass is 904 g/mol. The summed E-state index contributed by atoms with van der Waals surface area (Å²) in [4.78, 5) is 74.7. The molecule has 0 bridgehead atoms. The number of carbonyl (C=O) groups excluding carboxylic acids is 3. The molecule has 16 heteroatoms. The summed E-state index contributed by atoms with van der Waals surface area (Å²) in [5, 5.41) is 3.27. The molecule has 1 N–H and O–H groups in total. The molecule has 0 aliphatic carbocycles. The normalized spacial score (nSPS) is 14.1. The third-order valence-electron chi connectivity index (χ3n) is 11.0. The zero-order valence-corrected chi connectivity index (χ0v) is 38.7. The van der Waals surface area contributed by atoms with Gasteiger partial charge in [-0.2, -0.15) is 0 Å². The molecule has 6 aromatic rings. The molecule has 2 aliphatic heterocycles. The van der Waals surface area contributed by atoms with Gasteiger partial charge in [0.2, 0.25) is 0 Å². The Morgan fingerprint density at radius 2 is 0.821 bits per heavy atom. The van der Waals surface area contributed by atoms with Crippen LogP contribution < -0.4 is 5.32 Å². The van der Waals surface area contributed by atoms with Gasteiger partial charge in [-0.3, -0.25) is 49.3 Å². The minimum absolute atomic E-state index is 0.0503. The Balaban J connectivity index is 0.000000203. The molecule has 0 radical (unpaired) electrons. The number of amides is 3. The van der Waals surface area contributed by atoms with Crippen LogP contribution in [0.1, 0.15) is 75.7 Å². The second-order valence-electron chi connectivity index (χ2n) is 17.5. The largest absolute Gasteiger partial charge is 0.444 e. The average molecular weight is 905 g/mol. The lowest BCUT2D eigenvalue weighted by atomic mass is 10.2. The predicted octanol–water partition coefficient (Wildman–Crippen LogP) is 5.89. The number of ether oxygens (including phenoxy) is 1. The molecule has 8 heterocycles. The number of hydrogen-bond acceptors (Lipinski definition) is 13. The highest BCUT2D eigenvalue weighted by Gasteiger charge is 2.28. The number of aromatic nitrogens is 6. The molecular formula is C51H60N12O4. The van der Waals surface area contributed by atoms with Gasteiger partial charge in [-0.25, -0.2) is 4.79 Å². The summed E-state index contributed by atoms with van der Waals surface area (Å²) in [6, 6.07) is 31.2. The molecule has 348 valence electrons. The summed E-state index contributed by atoms with van der Waals surface area (Å²) in [6.45, 7) is 14.4. The topological polar surface area (TPSA) is 166 Å². The van der Waals surface area contributed by atoms with Crippen LogP contribution in [0.3, 0.4) is 0 Å². The van der Waals surface area contributed by atoms with Gasteiger partial charge in [-0.15, -0.1) is 0 Å². The Bertz CT molecular complexity index is 2350. The molecule has 8 rings (SSSR count). The summed E-state index contributed by atoms with van der Waals surface area (Å²) in [5.41, 5.74) is 6.35. The van der Waals surface area contributed by atoms with E-state index in [1.807, 2.05) is 135 Å². The van der Waals surface area contributed by atoms with Crippen molar-refractivity contribution in [3.63, 3.8) is 0 Å². The van der Waals surface area contributed by atoms with Crippen LogP contribution >= 0.6 is 0 Å². The number of piperazine rings is 2. The maximum absolute atomic E-state index is 13.0. The molecule has 0 aromatic carbocycles. The van der Waals surface area contributed by atoms with Crippen molar-refractivity contribution in [2.45, 2.75) is 65.6 Å². The summed E-state index contributed by atoms with van der Waals surface area (Å²) < 4.78 is 5.44. The van der Waals surface area contributed by atoms with Crippen molar-refractivity contribution in [3.05, 3.63) is 180 Å². The molecule has 2 saturated heterocycles. The first kappa shape index (κ1) is 47.9. The van der Waals surface area contributed by atoms with E-state index < -0.39 is 5.60 Å². The highest BCUT2D eigenvalue weighted by molar-refractivity contribution is 5.94. The van der Waals surface area contributed by atoms with E-state index >= 15 is 0 Å². The highest BCUT2D eigenvalue weighted by atomic mass is 16.6. The lowest BCUT2D eigenvalue weighted by Gasteiger charge is -2.35. The number of nitrogens with one attached hydrogen (secondary N) is 1. The van der Waals surface area contributed by atoms with Crippen molar-refractivity contribution in [2.24, 2.45) is 0 Å². The van der Waals surface area contributed by atoms with Gasteiger partial charge >= 0.3 is 6.09 Å². The number of rotatable bonds is 14. The Labute approximate surface area is 393 Å². The van der Waals surface area contributed by atoms with E-state index in [2.05, 4.69) is 45.0 Å². The molecule has 2 aliphatic rings.